The molecule has 3 saturated carbocycles. The number of aromatic nitrogens is 2. The fourth-order valence-corrected chi connectivity index (χ4v) is 5.17. The van der Waals surface area contributed by atoms with Crippen molar-refractivity contribution >= 4 is 17.5 Å². The van der Waals surface area contributed by atoms with Gasteiger partial charge < -0.3 is 19.9 Å². The lowest BCUT2D eigenvalue weighted by Gasteiger charge is -2.70. The molecule has 2 bridgehead atoms. The zero-order valence-corrected chi connectivity index (χ0v) is 18.0. The van der Waals surface area contributed by atoms with Gasteiger partial charge in [0.25, 0.3) is 5.91 Å². The maximum absolute atomic E-state index is 12.8. The standard InChI is InChI=1S/C21H21ClF3N3O5/c22-12-1-2-16-14(5-12)15(29)6-17(33-16)18(30)27-19-9-20(10-19,11-19)28-8-13(7-26-28)31-3-4-32-21(23,24)25/h1-2,5,7-8,15,17,29H,3-4,6,9-11H2,(H,27,30)/t15-,17+,19?,20?/m1/s1. The second-order valence-corrected chi connectivity index (χ2v) is 9.26. The van der Waals surface area contributed by atoms with Gasteiger partial charge >= 0.3 is 6.36 Å². The number of aliphatic hydroxyl groups is 1. The van der Waals surface area contributed by atoms with Crippen LogP contribution >= 0.6 is 11.6 Å². The molecule has 0 spiro atoms. The monoisotopic (exact) mass is 487 g/mol. The number of halogens is 4. The number of carbonyl (C=O) groups excluding carboxylic acids is 1. The van der Waals surface area contributed by atoms with Crippen molar-refractivity contribution in [1.29, 1.82) is 0 Å². The highest BCUT2D eigenvalue weighted by Gasteiger charge is 2.70. The third kappa shape index (κ3) is 4.24. The zero-order chi connectivity index (χ0) is 23.4. The number of aliphatic hydroxyl groups excluding tert-OH is 1. The van der Waals surface area contributed by atoms with Gasteiger partial charge in [-0.15, -0.1) is 13.2 Å². The van der Waals surface area contributed by atoms with Crippen molar-refractivity contribution in [1.82, 2.24) is 15.1 Å². The first-order valence-electron chi connectivity index (χ1n) is 10.4. The molecule has 2 aromatic rings. The van der Waals surface area contributed by atoms with E-state index >= 15 is 0 Å². The van der Waals surface area contributed by atoms with Crippen LogP contribution in [-0.4, -0.2) is 52.0 Å². The van der Waals surface area contributed by atoms with Crippen LogP contribution in [0.15, 0.2) is 30.6 Å². The first-order chi connectivity index (χ1) is 15.6. The maximum atomic E-state index is 12.8. The zero-order valence-electron chi connectivity index (χ0n) is 17.3. The van der Waals surface area contributed by atoms with Gasteiger partial charge in [0.15, 0.2) is 11.9 Å². The molecule has 2 N–H and O–H groups in total. The van der Waals surface area contributed by atoms with Crippen molar-refractivity contribution in [3.05, 3.63) is 41.2 Å². The second kappa shape index (κ2) is 7.78. The third-order valence-electron chi connectivity index (χ3n) is 6.38. The molecule has 3 aliphatic carbocycles. The smallest absolute Gasteiger partial charge is 0.488 e. The lowest BCUT2D eigenvalue weighted by atomic mass is 9.44. The Kier molecular flexibility index (Phi) is 5.26. The van der Waals surface area contributed by atoms with Crippen molar-refractivity contribution < 1.29 is 37.3 Å². The number of rotatable bonds is 7. The Labute approximate surface area is 191 Å². The summed E-state index contributed by atoms with van der Waals surface area (Å²) in [6, 6.07) is 4.92. The van der Waals surface area contributed by atoms with Crippen LogP contribution in [0.25, 0.3) is 0 Å². The Morgan fingerprint density at radius 3 is 2.82 bits per heavy atom. The molecule has 0 radical (unpaired) electrons. The van der Waals surface area contributed by atoms with E-state index in [9.17, 15) is 23.1 Å². The summed E-state index contributed by atoms with van der Waals surface area (Å²) in [6.45, 7) is -0.856. The molecule has 2 heterocycles. The summed E-state index contributed by atoms with van der Waals surface area (Å²) < 4.78 is 52.4. The number of hydrogen-bond donors (Lipinski definition) is 2. The molecule has 33 heavy (non-hydrogen) atoms. The van der Waals surface area contributed by atoms with Crippen LogP contribution in [-0.2, 0) is 15.1 Å². The quantitative estimate of drug-likeness (QED) is 0.583. The number of amides is 1. The number of ether oxygens (including phenoxy) is 3. The SMILES string of the molecule is O=C(NC12CC(n3cc(OCCOC(F)(F)F)cn3)(C1)C2)[C@@H]1C[C@@H](O)c2cc(Cl)ccc2O1. The lowest BCUT2D eigenvalue weighted by Crippen LogP contribution is -2.79. The summed E-state index contributed by atoms with van der Waals surface area (Å²) in [4.78, 5) is 12.8. The van der Waals surface area contributed by atoms with Gasteiger partial charge in [0.1, 0.15) is 12.4 Å². The minimum absolute atomic E-state index is 0.137. The van der Waals surface area contributed by atoms with E-state index in [1.807, 2.05) is 0 Å². The van der Waals surface area contributed by atoms with E-state index in [1.54, 1.807) is 29.1 Å². The van der Waals surface area contributed by atoms with Crippen molar-refractivity contribution in [3.8, 4) is 11.5 Å². The Bertz CT molecular complexity index is 1060. The summed E-state index contributed by atoms with van der Waals surface area (Å²) in [5.74, 6) is 0.515. The first-order valence-corrected chi connectivity index (χ1v) is 10.8. The Hall–Kier alpha value is -2.50. The summed E-state index contributed by atoms with van der Waals surface area (Å²) in [5.41, 5.74) is -0.0231. The van der Waals surface area contributed by atoms with Crippen LogP contribution in [0.4, 0.5) is 13.2 Å². The van der Waals surface area contributed by atoms with Crippen molar-refractivity contribution in [2.24, 2.45) is 0 Å². The van der Waals surface area contributed by atoms with E-state index in [0.717, 1.165) is 0 Å². The second-order valence-electron chi connectivity index (χ2n) is 8.83. The number of hydrogen-bond acceptors (Lipinski definition) is 6. The molecule has 1 aromatic carbocycles. The van der Waals surface area contributed by atoms with Crippen LogP contribution in [0.1, 0.15) is 37.4 Å². The lowest BCUT2D eigenvalue weighted by molar-refractivity contribution is -0.325. The van der Waals surface area contributed by atoms with Gasteiger partial charge in [-0.3, -0.25) is 14.2 Å². The predicted molar refractivity (Wildman–Crippen MR) is 108 cm³/mol. The van der Waals surface area contributed by atoms with E-state index in [2.05, 4.69) is 15.2 Å². The van der Waals surface area contributed by atoms with Gasteiger partial charge in [0.2, 0.25) is 0 Å². The molecule has 2 atom stereocenters. The molecule has 1 aromatic heterocycles. The molecule has 3 fully saturated rings. The topological polar surface area (TPSA) is 94.8 Å². The van der Waals surface area contributed by atoms with E-state index in [0.29, 0.717) is 41.3 Å². The van der Waals surface area contributed by atoms with Crippen molar-refractivity contribution in [2.45, 2.75) is 55.3 Å². The van der Waals surface area contributed by atoms with Gasteiger partial charge in [-0.1, -0.05) is 11.6 Å². The number of alkyl halides is 3. The average Bonchev–Trinajstić information content (AvgIpc) is 3.15. The van der Waals surface area contributed by atoms with E-state index in [-0.39, 0.29) is 30.0 Å². The number of benzene rings is 1. The molecule has 178 valence electrons. The molecule has 1 aliphatic heterocycles. The molecule has 1 amide bonds. The fraction of sp³-hybridized carbons (Fsp3) is 0.524. The van der Waals surface area contributed by atoms with Gasteiger partial charge in [0, 0.05) is 22.5 Å². The maximum Gasteiger partial charge on any atom is 0.522 e. The molecule has 8 nitrogen and oxygen atoms in total. The Balaban J connectivity index is 1.12. The molecule has 6 rings (SSSR count). The predicted octanol–water partition coefficient (Wildman–Crippen LogP) is 3.08. The van der Waals surface area contributed by atoms with Gasteiger partial charge in [-0.25, -0.2) is 0 Å². The van der Waals surface area contributed by atoms with Crippen molar-refractivity contribution in [2.75, 3.05) is 13.2 Å². The Morgan fingerprint density at radius 1 is 1.33 bits per heavy atom. The Morgan fingerprint density at radius 2 is 2.09 bits per heavy atom. The van der Waals surface area contributed by atoms with Gasteiger partial charge in [-0.2, -0.15) is 5.10 Å². The van der Waals surface area contributed by atoms with Crippen LogP contribution in [0.5, 0.6) is 11.5 Å². The minimum Gasteiger partial charge on any atom is -0.488 e. The number of carbonyl (C=O) groups is 1. The van der Waals surface area contributed by atoms with Gasteiger partial charge in [-0.05, 0) is 37.5 Å². The van der Waals surface area contributed by atoms with Crippen LogP contribution in [0.3, 0.4) is 0 Å². The van der Waals surface area contributed by atoms with Crippen LogP contribution < -0.4 is 14.8 Å². The number of nitrogens with one attached hydrogen (secondary N) is 1. The average molecular weight is 488 g/mol. The minimum atomic E-state index is -4.68. The highest BCUT2D eigenvalue weighted by Crippen LogP contribution is 2.65. The summed E-state index contributed by atoms with van der Waals surface area (Å²) in [7, 11) is 0. The first kappa shape index (κ1) is 22.3. The molecule has 4 aliphatic rings. The van der Waals surface area contributed by atoms with E-state index in [4.69, 9.17) is 21.1 Å². The molecule has 12 heteroatoms. The molecular formula is C21H21ClF3N3O5. The van der Waals surface area contributed by atoms with E-state index < -0.39 is 25.2 Å². The van der Waals surface area contributed by atoms with Crippen molar-refractivity contribution in [3.63, 3.8) is 0 Å². The largest absolute Gasteiger partial charge is 0.522 e. The summed E-state index contributed by atoms with van der Waals surface area (Å²) in [6.07, 6.45) is -1.09. The number of nitrogens with zero attached hydrogens (tertiary/aromatic N) is 2. The van der Waals surface area contributed by atoms with Crippen LogP contribution in [0, 0.1) is 0 Å². The third-order valence-corrected chi connectivity index (χ3v) is 6.62. The number of fused-ring (bicyclic) bond motifs is 1. The van der Waals surface area contributed by atoms with E-state index in [1.165, 1.54) is 6.20 Å². The highest BCUT2D eigenvalue weighted by molar-refractivity contribution is 6.30. The molecule has 0 unspecified atom stereocenters. The van der Waals surface area contributed by atoms with Crippen LogP contribution in [0.2, 0.25) is 5.02 Å². The fourth-order valence-electron chi connectivity index (χ4n) is 4.99. The highest BCUT2D eigenvalue weighted by atomic mass is 35.5. The van der Waals surface area contributed by atoms with Gasteiger partial charge in [0.05, 0.1) is 30.6 Å². The molecular weight excluding hydrogens is 467 g/mol. The normalized spacial score (nSPS) is 29.8. The summed E-state index contributed by atoms with van der Waals surface area (Å²) in [5, 5.41) is 18.2. The summed E-state index contributed by atoms with van der Waals surface area (Å²) >= 11 is 5.97. The molecule has 0 saturated heterocycles.